The molecule has 2 heterocycles. The molecule has 4 rings (SSSR count). The first-order valence-electron chi connectivity index (χ1n) is 10.1. The van der Waals surface area contributed by atoms with Gasteiger partial charge < -0.3 is 10.4 Å². The highest BCUT2D eigenvalue weighted by molar-refractivity contribution is 5.93. The van der Waals surface area contributed by atoms with Crippen LogP contribution in [0, 0.1) is 0 Å². The Morgan fingerprint density at radius 2 is 2.07 bits per heavy atom. The van der Waals surface area contributed by atoms with Crippen LogP contribution in [0.5, 0.6) is 0 Å². The summed E-state index contributed by atoms with van der Waals surface area (Å²) in [6, 6.07) is 6.60. The van der Waals surface area contributed by atoms with Gasteiger partial charge in [-0.25, -0.2) is 4.68 Å². The number of carbonyl (C=O) groups is 1. The van der Waals surface area contributed by atoms with Crippen molar-refractivity contribution in [2.24, 2.45) is 0 Å². The average Bonchev–Trinajstić information content (AvgIpc) is 3.18. The monoisotopic (exact) mass is 369 g/mol. The minimum atomic E-state index is 0.0528. The fraction of sp³-hybridized carbons (Fsp3) is 0.600. The molecule has 0 bridgehead atoms. The summed E-state index contributed by atoms with van der Waals surface area (Å²) in [5.74, 6) is 1.03. The second-order valence-corrected chi connectivity index (χ2v) is 7.66. The molecule has 1 aromatic heterocycles. The molecule has 2 N–H and O–H groups in total. The largest absolute Gasteiger partial charge is 0.396 e. The van der Waals surface area contributed by atoms with Crippen LogP contribution in [-0.4, -0.2) is 37.8 Å². The Morgan fingerprint density at radius 3 is 2.89 bits per heavy atom. The van der Waals surface area contributed by atoms with Gasteiger partial charge in [0.1, 0.15) is 0 Å². The van der Waals surface area contributed by atoms with Gasteiger partial charge in [0.25, 0.3) is 0 Å². The standard InChI is InChI=1S/C20H27N5O2/c26-12-4-7-17(14-8-10-18-15(13-14)9-11-19(27)21-18)20-22-23-24-25(20)16-5-2-1-3-6-16/h8,10,13,16-17,26H,1-7,9,11-12H2,(H,21,27). The molecular weight excluding hydrogens is 342 g/mol. The first-order chi connectivity index (χ1) is 13.3. The van der Waals surface area contributed by atoms with E-state index in [4.69, 9.17) is 0 Å². The number of rotatable bonds is 6. The maximum absolute atomic E-state index is 11.6. The summed E-state index contributed by atoms with van der Waals surface area (Å²) in [5, 5.41) is 25.1. The second kappa shape index (κ2) is 8.17. The van der Waals surface area contributed by atoms with E-state index in [0.29, 0.717) is 18.9 Å². The number of fused-ring (bicyclic) bond motifs is 1. The molecule has 7 heteroatoms. The van der Waals surface area contributed by atoms with E-state index >= 15 is 0 Å². The van der Waals surface area contributed by atoms with Crippen molar-refractivity contribution in [3.05, 3.63) is 35.2 Å². The van der Waals surface area contributed by atoms with Crippen LogP contribution < -0.4 is 5.32 Å². The molecule has 0 saturated heterocycles. The van der Waals surface area contributed by atoms with Crippen molar-refractivity contribution in [1.82, 2.24) is 20.2 Å². The third kappa shape index (κ3) is 3.88. The normalized spacial score (nSPS) is 18.8. The van der Waals surface area contributed by atoms with Crippen molar-refractivity contribution >= 4 is 11.6 Å². The van der Waals surface area contributed by atoms with Gasteiger partial charge in [0.05, 0.1) is 6.04 Å². The summed E-state index contributed by atoms with van der Waals surface area (Å²) in [6.07, 6.45) is 8.78. The SMILES string of the molecule is O=C1CCc2cc(C(CCCO)c3nnnn3C3CCCCC3)ccc2N1. The van der Waals surface area contributed by atoms with Crippen LogP contribution in [0.1, 0.15) is 80.3 Å². The predicted molar refractivity (Wildman–Crippen MR) is 101 cm³/mol. The Kier molecular flexibility index (Phi) is 5.48. The number of tetrazole rings is 1. The lowest BCUT2D eigenvalue weighted by molar-refractivity contribution is -0.116. The summed E-state index contributed by atoms with van der Waals surface area (Å²) in [4.78, 5) is 11.6. The van der Waals surface area contributed by atoms with E-state index in [1.807, 2.05) is 10.7 Å². The molecule has 1 saturated carbocycles. The van der Waals surface area contributed by atoms with Crippen LogP contribution in [0.4, 0.5) is 5.69 Å². The molecule has 2 aromatic rings. The molecule has 0 radical (unpaired) electrons. The lowest BCUT2D eigenvalue weighted by atomic mass is 9.89. The van der Waals surface area contributed by atoms with Crippen LogP contribution in [0.15, 0.2) is 18.2 Å². The fourth-order valence-corrected chi connectivity index (χ4v) is 4.38. The number of aliphatic hydroxyl groups excluding tert-OH is 1. The van der Waals surface area contributed by atoms with E-state index in [9.17, 15) is 9.90 Å². The number of carbonyl (C=O) groups excluding carboxylic acids is 1. The number of aryl methyl sites for hydroxylation is 1. The van der Waals surface area contributed by atoms with Gasteiger partial charge in [0.15, 0.2) is 5.82 Å². The van der Waals surface area contributed by atoms with Crippen LogP contribution in [-0.2, 0) is 11.2 Å². The molecule has 1 aromatic carbocycles. The number of amides is 1. The quantitative estimate of drug-likeness (QED) is 0.816. The Balaban J connectivity index is 1.66. The van der Waals surface area contributed by atoms with Crippen LogP contribution in [0.25, 0.3) is 0 Å². The molecule has 1 fully saturated rings. The number of hydrogen-bond donors (Lipinski definition) is 2. The fourth-order valence-electron chi connectivity index (χ4n) is 4.38. The van der Waals surface area contributed by atoms with E-state index in [1.165, 1.54) is 19.3 Å². The highest BCUT2D eigenvalue weighted by Crippen LogP contribution is 2.35. The summed E-state index contributed by atoms with van der Waals surface area (Å²) < 4.78 is 2.03. The van der Waals surface area contributed by atoms with Crippen molar-refractivity contribution in [1.29, 1.82) is 0 Å². The van der Waals surface area contributed by atoms with Gasteiger partial charge in [-0.15, -0.1) is 5.10 Å². The van der Waals surface area contributed by atoms with Crippen LogP contribution in [0.3, 0.4) is 0 Å². The Bertz CT molecular complexity index is 797. The summed E-state index contributed by atoms with van der Waals surface area (Å²) in [7, 11) is 0. The molecule has 144 valence electrons. The average molecular weight is 369 g/mol. The van der Waals surface area contributed by atoms with E-state index in [2.05, 4.69) is 33.0 Å². The van der Waals surface area contributed by atoms with E-state index in [1.54, 1.807) is 0 Å². The maximum atomic E-state index is 11.6. The van der Waals surface area contributed by atoms with Gasteiger partial charge in [-0.3, -0.25) is 4.79 Å². The molecule has 7 nitrogen and oxygen atoms in total. The molecule has 1 unspecified atom stereocenters. The minimum Gasteiger partial charge on any atom is -0.396 e. The Hall–Kier alpha value is -2.28. The molecular formula is C20H27N5O2. The van der Waals surface area contributed by atoms with E-state index in [0.717, 1.165) is 48.3 Å². The third-order valence-electron chi connectivity index (χ3n) is 5.83. The van der Waals surface area contributed by atoms with Gasteiger partial charge in [-0.1, -0.05) is 31.4 Å². The van der Waals surface area contributed by atoms with Gasteiger partial charge in [0.2, 0.25) is 5.91 Å². The predicted octanol–water partition coefficient (Wildman–Crippen LogP) is 2.97. The molecule has 1 aliphatic heterocycles. The summed E-state index contributed by atoms with van der Waals surface area (Å²) in [5.41, 5.74) is 3.23. The van der Waals surface area contributed by atoms with E-state index in [-0.39, 0.29) is 18.4 Å². The van der Waals surface area contributed by atoms with E-state index < -0.39 is 0 Å². The maximum Gasteiger partial charge on any atom is 0.224 e. The zero-order valence-electron chi connectivity index (χ0n) is 15.6. The summed E-state index contributed by atoms with van der Waals surface area (Å²) in [6.45, 7) is 0.155. The zero-order valence-corrected chi connectivity index (χ0v) is 15.6. The van der Waals surface area contributed by atoms with Crippen molar-refractivity contribution in [2.75, 3.05) is 11.9 Å². The number of aliphatic hydroxyl groups is 1. The highest BCUT2D eigenvalue weighted by Gasteiger charge is 2.27. The molecule has 1 atom stereocenters. The Morgan fingerprint density at radius 1 is 1.22 bits per heavy atom. The van der Waals surface area contributed by atoms with Crippen molar-refractivity contribution < 1.29 is 9.90 Å². The molecule has 2 aliphatic rings. The van der Waals surface area contributed by atoms with Gasteiger partial charge in [0, 0.05) is 24.6 Å². The van der Waals surface area contributed by atoms with Crippen LogP contribution >= 0.6 is 0 Å². The molecule has 0 spiro atoms. The topological polar surface area (TPSA) is 92.9 Å². The first kappa shape index (κ1) is 18.1. The molecule has 27 heavy (non-hydrogen) atoms. The number of nitrogens with one attached hydrogen (secondary N) is 1. The minimum absolute atomic E-state index is 0.0528. The number of hydrogen-bond acceptors (Lipinski definition) is 5. The molecule has 1 aliphatic carbocycles. The lowest BCUT2D eigenvalue weighted by Crippen LogP contribution is -2.21. The van der Waals surface area contributed by atoms with Crippen molar-refractivity contribution in [3.63, 3.8) is 0 Å². The number of nitrogens with zero attached hydrogens (tertiary/aromatic N) is 4. The Labute approximate surface area is 159 Å². The third-order valence-corrected chi connectivity index (χ3v) is 5.83. The number of anilines is 1. The second-order valence-electron chi connectivity index (χ2n) is 7.66. The van der Waals surface area contributed by atoms with Crippen LogP contribution in [0.2, 0.25) is 0 Å². The van der Waals surface area contributed by atoms with Gasteiger partial charge in [-0.2, -0.15) is 0 Å². The molecule has 1 amide bonds. The number of aromatic nitrogens is 4. The highest BCUT2D eigenvalue weighted by atomic mass is 16.2. The number of benzene rings is 1. The van der Waals surface area contributed by atoms with Gasteiger partial charge >= 0.3 is 0 Å². The van der Waals surface area contributed by atoms with Gasteiger partial charge in [-0.05, 0) is 59.7 Å². The first-order valence-corrected chi connectivity index (χ1v) is 10.1. The van der Waals surface area contributed by atoms with Crippen molar-refractivity contribution in [3.8, 4) is 0 Å². The zero-order chi connectivity index (χ0) is 18.6. The smallest absolute Gasteiger partial charge is 0.224 e. The van der Waals surface area contributed by atoms with Crippen molar-refractivity contribution in [2.45, 2.75) is 69.7 Å². The summed E-state index contributed by atoms with van der Waals surface area (Å²) >= 11 is 0. The lowest BCUT2D eigenvalue weighted by Gasteiger charge is -2.26.